The van der Waals surface area contributed by atoms with Gasteiger partial charge in [0.2, 0.25) is 0 Å². The maximum atomic E-state index is 13.7. The van der Waals surface area contributed by atoms with Crippen molar-refractivity contribution in [2.24, 2.45) is 0 Å². The molecule has 3 aromatic heterocycles. The van der Waals surface area contributed by atoms with Gasteiger partial charge in [-0.05, 0) is 62.7 Å². The van der Waals surface area contributed by atoms with Crippen LogP contribution in [-0.2, 0) is 6.54 Å². The van der Waals surface area contributed by atoms with E-state index in [0.29, 0.717) is 28.8 Å². The number of anilines is 1. The lowest BCUT2D eigenvalue weighted by Crippen LogP contribution is -2.34. The number of aromatic nitrogens is 4. The molecule has 0 atom stereocenters. The third kappa shape index (κ3) is 3.90. The SMILES string of the molecule is Cc1cc(C)n(CCN(C(=O)c2ccc3ncsc3c2)c2nc3c(C)cc(Cl)cc3s2)n1. The third-order valence-electron chi connectivity index (χ3n) is 5.33. The summed E-state index contributed by atoms with van der Waals surface area (Å²) < 4.78 is 3.88. The molecular formula is C23H20ClN5OS2. The van der Waals surface area contributed by atoms with Crippen molar-refractivity contribution in [3.05, 3.63) is 69.4 Å². The molecule has 0 N–H and O–H groups in total. The maximum Gasteiger partial charge on any atom is 0.260 e. The van der Waals surface area contributed by atoms with Crippen LogP contribution in [0.5, 0.6) is 0 Å². The standard InChI is InChI=1S/C23H20ClN5OS2/c1-13-8-17(24)11-20-21(13)26-23(32-20)28(6-7-29-15(3)9-14(2)27-29)22(30)16-4-5-18-19(10-16)31-12-25-18/h4-5,8-12H,6-7H2,1-3H3. The number of thiazole rings is 2. The van der Waals surface area contributed by atoms with E-state index in [0.717, 1.165) is 37.4 Å². The molecule has 0 aliphatic rings. The second-order valence-corrected chi connectivity index (χ2v) is 10.0. The van der Waals surface area contributed by atoms with Crippen molar-refractivity contribution in [1.29, 1.82) is 0 Å². The first-order chi connectivity index (χ1) is 15.4. The first kappa shape index (κ1) is 21.1. The minimum Gasteiger partial charge on any atom is -0.282 e. The zero-order valence-electron chi connectivity index (χ0n) is 17.8. The van der Waals surface area contributed by atoms with Gasteiger partial charge in [0.1, 0.15) is 0 Å². The molecule has 0 saturated carbocycles. The fourth-order valence-electron chi connectivity index (χ4n) is 3.78. The summed E-state index contributed by atoms with van der Waals surface area (Å²) in [6.07, 6.45) is 0. The Kier molecular flexibility index (Phi) is 5.44. The molecular weight excluding hydrogens is 462 g/mol. The van der Waals surface area contributed by atoms with Crippen molar-refractivity contribution in [2.75, 3.05) is 11.4 Å². The van der Waals surface area contributed by atoms with Crippen molar-refractivity contribution in [1.82, 2.24) is 19.7 Å². The summed E-state index contributed by atoms with van der Waals surface area (Å²) in [4.78, 5) is 24.6. The molecule has 0 fully saturated rings. The van der Waals surface area contributed by atoms with E-state index in [1.54, 1.807) is 10.4 Å². The normalized spacial score (nSPS) is 11.5. The summed E-state index contributed by atoms with van der Waals surface area (Å²) in [5.74, 6) is -0.0929. The predicted octanol–water partition coefficient (Wildman–Crippen LogP) is 6.03. The van der Waals surface area contributed by atoms with Crippen LogP contribution in [-0.4, -0.2) is 32.2 Å². The summed E-state index contributed by atoms with van der Waals surface area (Å²) in [7, 11) is 0. The molecule has 0 aliphatic heterocycles. The number of rotatable bonds is 5. The topological polar surface area (TPSA) is 63.9 Å². The van der Waals surface area contributed by atoms with E-state index in [2.05, 4.69) is 10.1 Å². The molecule has 0 spiro atoms. The highest BCUT2D eigenvalue weighted by Crippen LogP contribution is 2.34. The van der Waals surface area contributed by atoms with Crippen LogP contribution < -0.4 is 4.90 Å². The lowest BCUT2D eigenvalue weighted by molar-refractivity contribution is 0.0986. The van der Waals surface area contributed by atoms with E-state index in [4.69, 9.17) is 16.6 Å². The van der Waals surface area contributed by atoms with E-state index in [1.165, 1.54) is 22.7 Å². The van der Waals surface area contributed by atoms with E-state index < -0.39 is 0 Å². The summed E-state index contributed by atoms with van der Waals surface area (Å²) in [5, 5.41) is 5.87. The molecule has 2 aromatic carbocycles. The van der Waals surface area contributed by atoms with E-state index >= 15 is 0 Å². The average molecular weight is 482 g/mol. The summed E-state index contributed by atoms with van der Waals surface area (Å²) in [5.41, 5.74) is 7.19. The number of carbonyl (C=O) groups excluding carboxylic acids is 1. The highest BCUT2D eigenvalue weighted by Gasteiger charge is 2.23. The molecule has 32 heavy (non-hydrogen) atoms. The van der Waals surface area contributed by atoms with Crippen molar-refractivity contribution >= 4 is 65.7 Å². The molecule has 9 heteroatoms. The molecule has 162 valence electrons. The molecule has 0 bridgehead atoms. The lowest BCUT2D eigenvalue weighted by Gasteiger charge is -2.20. The Morgan fingerprint density at radius 2 is 1.97 bits per heavy atom. The van der Waals surface area contributed by atoms with Gasteiger partial charge in [-0.25, -0.2) is 9.97 Å². The predicted molar refractivity (Wildman–Crippen MR) is 132 cm³/mol. The second kappa shape index (κ2) is 8.27. The molecule has 0 radical (unpaired) electrons. The Morgan fingerprint density at radius 1 is 1.12 bits per heavy atom. The fourth-order valence-corrected chi connectivity index (χ4v) is 5.94. The summed E-state index contributed by atoms with van der Waals surface area (Å²) in [6, 6.07) is 11.5. The van der Waals surface area contributed by atoms with Crippen molar-refractivity contribution in [2.45, 2.75) is 27.3 Å². The Hall–Kier alpha value is -2.81. The minimum atomic E-state index is -0.0929. The highest BCUT2D eigenvalue weighted by atomic mass is 35.5. The number of fused-ring (bicyclic) bond motifs is 2. The van der Waals surface area contributed by atoms with Gasteiger partial charge in [0, 0.05) is 22.8 Å². The van der Waals surface area contributed by atoms with Crippen LogP contribution in [0, 0.1) is 20.8 Å². The van der Waals surface area contributed by atoms with Gasteiger partial charge in [-0.1, -0.05) is 22.9 Å². The van der Waals surface area contributed by atoms with Crippen molar-refractivity contribution in [3.63, 3.8) is 0 Å². The van der Waals surface area contributed by atoms with Crippen molar-refractivity contribution < 1.29 is 4.79 Å². The van der Waals surface area contributed by atoms with Crippen LogP contribution in [0.4, 0.5) is 5.13 Å². The Bertz CT molecular complexity index is 1470. The Balaban J connectivity index is 1.55. The van der Waals surface area contributed by atoms with Gasteiger partial charge < -0.3 is 0 Å². The highest BCUT2D eigenvalue weighted by molar-refractivity contribution is 7.22. The molecule has 5 rings (SSSR count). The summed E-state index contributed by atoms with van der Waals surface area (Å²) in [6.45, 7) is 7.00. The van der Waals surface area contributed by atoms with Gasteiger partial charge in [-0.3, -0.25) is 14.4 Å². The van der Waals surface area contributed by atoms with Crippen LogP contribution in [0.3, 0.4) is 0 Å². The zero-order chi connectivity index (χ0) is 22.4. The van der Waals surface area contributed by atoms with Gasteiger partial charge in [-0.15, -0.1) is 11.3 Å². The number of hydrogen-bond acceptors (Lipinski definition) is 6. The van der Waals surface area contributed by atoms with E-state index in [9.17, 15) is 4.79 Å². The van der Waals surface area contributed by atoms with Gasteiger partial charge in [0.25, 0.3) is 5.91 Å². The smallest absolute Gasteiger partial charge is 0.260 e. The maximum absolute atomic E-state index is 13.7. The zero-order valence-corrected chi connectivity index (χ0v) is 20.2. The first-order valence-corrected chi connectivity index (χ1v) is 12.2. The molecule has 0 unspecified atom stereocenters. The van der Waals surface area contributed by atoms with Gasteiger partial charge >= 0.3 is 0 Å². The number of aryl methyl sites for hydroxylation is 3. The molecule has 5 aromatic rings. The number of halogens is 1. The van der Waals surface area contributed by atoms with Gasteiger partial charge in [-0.2, -0.15) is 5.10 Å². The molecule has 3 heterocycles. The monoisotopic (exact) mass is 481 g/mol. The number of amides is 1. The van der Waals surface area contributed by atoms with Crippen LogP contribution >= 0.6 is 34.3 Å². The fraction of sp³-hybridized carbons (Fsp3) is 0.217. The van der Waals surface area contributed by atoms with E-state index in [1.807, 2.05) is 61.9 Å². The van der Waals surface area contributed by atoms with Crippen molar-refractivity contribution in [3.8, 4) is 0 Å². The molecule has 6 nitrogen and oxygen atoms in total. The number of carbonyl (C=O) groups is 1. The number of benzene rings is 2. The first-order valence-electron chi connectivity index (χ1n) is 10.1. The van der Waals surface area contributed by atoms with Gasteiger partial charge in [0.05, 0.1) is 38.2 Å². The van der Waals surface area contributed by atoms with Crippen LogP contribution in [0.2, 0.25) is 5.02 Å². The Morgan fingerprint density at radius 3 is 2.75 bits per heavy atom. The second-order valence-electron chi connectivity index (χ2n) is 7.71. The average Bonchev–Trinajstić information content (AvgIpc) is 3.46. The minimum absolute atomic E-state index is 0.0929. The van der Waals surface area contributed by atoms with Crippen LogP contribution in [0.15, 0.2) is 41.9 Å². The Labute approximate surface area is 198 Å². The number of hydrogen-bond donors (Lipinski definition) is 0. The molecule has 0 saturated heterocycles. The molecule has 1 amide bonds. The quantitative estimate of drug-likeness (QED) is 0.307. The lowest BCUT2D eigenvalue weighted by atomic mass is 10.2. The molecule has 0 aliphatic carbocycles. The van der Waals surface area contributed by atoms with Crippen LogP contribution in [0.1, 0.15) is 27.3 Å². The number of nitrogens with zero attached hydrogens (tertiary/aromatic N) is 5. The summed E-state index contributed by atoms with van der Waals surface area (Å²) >= 11 is 9.26. The third-order valence-corrected chi connectivity index (χ3v) is 7.37. The van der Waals surface area contributed by atoms with Crippen LogP contribution in [0.25, 0.3) is 20.4 Å². The van der Waals surface area contributed by atoms with E-state index in [-0.39, 0.29) is 5.91 Å². The van der Waals surface area contributed by atoms with Gasteiger partial charge in [0.15, 0.2) is 5.13 Å². The largest absolute Gasteiger partial charge is 0.282 e.